The lowest BCUT2D eigenvalue weighted by Crippen LogP contribution is -2.03. The van der Waals surface area contributed by atoms with Gasteiger partial charge in [0.25, 0.3) is 0 Å². The normalized spacial score (nSPS) is 10.5. The number of benzene rings is 1. The zero-order valence-electron chi connectivity index (χ0n) is 13.4. The predicted molar refractivity (Wildman–Crippen MR) is 91.7 cm³/mol. The molecule has 1 rings (SSSR count). The number of anilines is 2. The van der Waals surface area contributed by atoms with Gasteiger partial charge in [-0.3, -0.25) is 0 Å². The van der Waals surface area contributed by atoms with Crippen molar-refractivity contribution in [3.05, 3.63) is 24.3 Å². The maximum absolute atomic E-state index is 3.49. The summed E-state index contributed by atoms with van der Waals surface area (Å²) in [6.45, 7) is 6.68. The Labute approximate surface area is 125 Å². The average molecular weight is 276 g/mol. The van der Waals surface area contributed by atoms with E-state index in [0.717, 1.165) is 13.1 Å². The molecule has 0 heterocycles. The lowest BCUT2D eigenvalue weighted by molar-refractivity contribution is 0.684. The largest absolute Gasteiger partial charge is 0.385 e. The molecule has 0 saturated carbocycles. The van der Waals surface area contributed by atoms with E-state index in [-0.39, 0.29) is 0 Å². The molecule has 0 radical (unpaired) electrons. The maximum Gasteiger partial charge on any atom is 0.0341 e. The van der Waals surface area contributed by atoms with Crippen molar-refractivity contribution in [3.8, 4) is 0 Å². The molecule has 0 amide bonds. The smallest absolute Gasteiger partial charge is 0.0341 e. The van der Waals surface area contributed by atoms with Crippen LogP contribution in [0.25, 0.3) is 0 Å². The van der Waals surface area contributed by atoms with Crippen molar-refractivity contribution in [2.75, 3.05) is 23.7 Å². The van der Waals surface area contributed by atoms with Gasteiger partial charge in [0.05, 0.1) is 0 Å². The van der Waals surface area contributed by atoms with Crippen LogP contribution in [0.5, 0.6) is 0 Å². The van der Waals surface area contributed by atoms with E-state index in [1.807, 2.05) is 0 Å². The lowest BCUT2D eigenvalue weighted by Gasteiger charge is -2.09. The average Bonchev–Trinajstić information content (AvgIpc) is 2.48. The Morgan fingerprint density at radius 3 is 1.35 bits per heavy atom. The summed E-state index contributed by atoms with van der Waals surface area (Å²) in [5.74, 6) is 0. The van der Waals surface area contributed by atoms with Crippen molar-refractivity contribution in [1.29, 1.82) is 0 Å². The van der Waals surface area contributed by atoms with Gasteiger partial charge in [-0.05, 0) is 37.1 Å². The zero-order chi connectivity index (χ0) is 14.5. The van der Waals surface area contributed by atoms with Crippen molar-refractivity contribution < 1.29 is 0 Å². The van der Waals surface area contributed by atoms with Gasteiger partial charge in [0.15, 0.2) is 0 Å². The van der Waals surface area contributed by atoms with Gasteiger partial charge in [-0.2, -0.15) is 0 Å². The molecule has 0 saturated heterocycles. The molecule has 2 heteroatoms. The van der Waals surface area contributed by atoms with Crippen LogP contribution in [0.2, 0.25) is 0 Å². The minimum absolute atomic E-state index is 1.09. The highest BCUT2D eigenvalue weighted by Crippen LogP contribution is 2.14. The van der Waals surface area contributed by atoms with E-state index in [2.05, 4.69) is 48.7 Å². The van der Waals surface area contributed by atoms with E-state index in [1.165, 1.54) is 62.7 Å². The second kappa shape index (κ2) is 11.6. The van der Waals surface area contributed by atoms with Crippen molar-refractivity contribution in [2.45, 2.75) is 65.2 Å². The predicted octanol–water partition coefficient (Wildman–Crippen LogP) is 5.67. The quantitative estimate of drug-likeness (QED) is 0.480. The van der Waals surface area contributed by atoms with Gasteiger partial charge in [0.2, 0.25) is 0 Å². The Bertz CT molecular complexity index is 286. The molecule has 0 aromatic heterocycles. The summed E-state index contributed by atoms with van der Waals surface area (Å²) in [5.41, 5.74) is 2.47. The van der Waals surface area contributed by atoms with Gasteiger partial charge >= 0.3 is 0 Å². The first-order chi connectivity index (χ1) is 9.86. The minimum atomic E-state index is 1.09. The fourth-order valence-electron chi connectivity index (χ4n) is 2.27. The van der Waals surface area contributed by atoms with Crippen LogP contribution in [-0.4, -0.2) is 13.1 Å². The summed E-state index contributed by atoms with van der Waals surface area (Å²) in [6, 6.07) is 8.70. The van der Waals surface area contributed by atoms with Crippen molar-refractivity contribution in [1.82, 2.24) is 0 Å². The fourth-order valence-corrected chi connectivity index (χ4v) is 2.27. The van der Waals surface area contributed by atoms with Crippen LogP contribution in [0.3, 0.4) is 0 Å². The first-order valence-electron chi connectivity index (χ1n) is 8.44. The van der Waals surface area contributed by atoms with Crippen LogP contribution in [0.4, 0.5) is 11.4 Å². The van der Waals surface area contributed by atoms with Crippen LogP contribution in [0.1, 0.15) is 65.2 Å². The van der Waals surface area contributed by atoms with Gasteiger partial charge < -0.3 is 10.6 Å². The SMILES string of the molecule is CCCCCCNc1ccc(NCCCCCC)cc1. The Hall–Kier alpha value is -1.18. The topological polar surface area (TPSA) is 24.1 Å². The lowest BCUT2D eigenvalue weighted by atomic mass is 10.2. The van der Waals surface area contributed by atoms with Gasteiger partial charge in [-0.15, -0.1) is 0 Å². The molecular formula is C18H32N2. The van der Waals surface area contributed by atoms with E-state index in [1.54, 1.807) is 0 Å². The van der Waals surface area contributed by atoms with E-state index < -0.39 is 0 Å². The van der Waals surface area contributed by atoms with Crippen LogP contribution < -0.4 is 10.6 Å². The standard InChI is InChI=1S/C18H32N2/c1-3-5-7-9-15-19-17-11-13-18(14-12-17)20-16-10-8-6-4-2/h11-14,19-20H,3-10,15-16H2,1-2H3. The molecule has 0 spiro atoms. The number of unbranched alkanes of at least 4 members (excludes halogenated alkanes) is 6. The second-order valence-corrected chi connectivity index (χ2v) is 5.55. The molecule has 20 heavy (non-hydrogen) atoms. The van der Waals surface area contributed by atoms with Crippen molar-refractivity contribution >= 4 is 11.4 Å². The number of hydrogen-bond donors (Lipinski definition) is 2. The highest BCUT2D eigenvalue weighted by Gasteiger charge is 1.94. The molecule has 1 aromatic carbocycles. The first-order valence-corrected chi connectivity index (χ1v) is 8.44. The summed E-state index contributed by atoms with van der Waals surface area (Å²) >= 11 is 0. The van der Waals surface area contributed by atoms with Gasteiger partial charge in [0, 0.05) is 24.5 Å². The van der Waals surface area contributed by atoms with Gasteiger partial charge in [-0.1, -0.05) is 52.4 Å². The highest BCUT2D eigenvalue weighted by molar-refractivity contribution is 5.53. The van der Waals surface area contributed by atoms with Crippen molar-refractivity contribution in [3.63, 3.8) is 0 Å². The zero-order valence-corrected chi connectivity index (χ0v) is 13.4. The van der Waals surface area contributed by atoms with Crippen LogP contribution in [0.15, 0.2) is 24.3 Å². The van der Waals surface area contributed by atoms with Crippen LogP contribution in [-0.2, 0) is 0 Å². The number of hydrogen-bond acceptors (Lipinski definition) is 2. The molecule has 0 unspecified atom stereocenters. The second-order valence-electron chi connectivity index (χ2n) is 5.55. The van der Waals surface area contributed by atoms with E-state index in [0.29, 0.717) is 0 Å². The molecule has 1 aromatic rings. The third kappa shape index (κ3) is 8.08. The van der Waals surface area contributed by atoms with Gasteiger partial charge in [-0.25, -0.2) is 0 Å². The minimum Gasteiger partial charge on any atom is -0.385 e. The molecule has 2 nitrogen and oxygen atoms in total. The molecule has 0 aliphatic carbocycles. The van der Waals surface area contributed by atoms with E-state index >= 15 is 0 Å². The van der Waals surface area contributed by atoms with Crippen molar-refractivity contribution in [2.24, 2.45) is 0 Å². The molecule has 0 aliphatic heterocycles. The Kier molecular flexibility index (Phi) is 9.81. The summed E-state index contributed by atoms with van der Waals surface area (Å²) in [4.78, 5) is 0. The number of nitrogens with one attached hydrogen (secondary N) is 2. The monoisotopic (exact) mass is 276 g/mol. The van der Waals surface area contributed by atoms with E-state index in [9.17, 15) is 0 Å². The molecule has 0 aliphatic rings. The molecule has 2 N–H and O–H groups in total. The number of rotatable bonds is 12. The van der Waals surface area contributed by atoms with Crippen LogP contribution >= 0.6 is 0 Å². The summed E-state index contributed by atoms with van der Waals surface area (Å²) < 4.78 is 0. The first kappa shape index (κ1) is 16.9. The third-order valence-corrected chi connectivity index (χ3v) is 3.60. The molecule has 0 bridgehead atoms. The summed E-state index contributed by atoms with van der Waals surface area (Å²) in [5, 5.41) is 6.97. The molecule has 114 valence electrons. The molecular weight excluding hydrogens is 244 g/mol. The Morgan fingerprint density at radius 1 is 0.600 bits per heavy atom. The fraction of sp³-hybridized carbons (Fsp3) is 0.667. The molecule has 0 atom stereocenters. The maximum atomic E-state index is 3.49. The Balaban J connectivity index is 2.13. The highest BCUT2D eigenvalue weighted by atomic mass is 14.9. The molecule has 0 fully saturated rings. The summed E-state index contributed by atoms with van der Waals surface area (Å²) in [6.07, 6.45) is 10.5. The van der Waals surface area contributed by atoms with E-state index in [4.69, 9.17) is 0 Å². The Morgan fingerprint density at radius 2 is 1.00 bits per heavy atom. The summed E-state index contributed by atoms with van der Waals surface area (Å²) in [7, 11) is 0. The van der Waals surface area contributed by atoms with Crippen LogP contribution in [0, 0.1) is 0 Å². The van der Waals surface area contributed by atoms with Gasteiger partial charge in [0.1, 0.15) is 0 Å². The third-order valence-electron chi connectivity index (χ3n) is 3.60.